The summed E-state index contributed by atoms with van der Waals surface area (Å²) in [4.78, 5) is 78.0. The highest BCUT2D eigenvalue weighted by Gasteiger charge is 2.27. The number of carbonyl (C=O) groups is 3. The molecule has 9 atom stereocenters. The summed E-state index contributed by atoms with van der Waals surface area (Å²) in [5, 5.41) is 0. The number of hydrogen-bond acceptors (Lipinski definition) is 18. The highest BCUT2D eigenvalue weighted by Crippen LogP contribution is 2.44. The van der Waals surface area contributed by atoms with E-state index in [2.05, 4.69) is 59.5 Å². The largest absolute Gasteiger partial charge is 0.756 e. The Bertz CT molecular complexity index is 2550. The number of cyclic esters (lactones) is 3. The van der Waals surface area contributed by atoms with E-state index in [1.54, 1.807) is 0 Å². The van der Waals surface area contributed by atoms with Crippen molar-refractivity contribution in [1.29, 1.82) is 0 Å². The Morgan fingerprint density at radius 1 is 0.351 bits per heavy atom. The van der Waals surface area contributed by atoms with E-state index >= 15 is 0 Å². The first-order valence-corrected chi connectivity index (χ1v) is 46.8. The second-order valence-corrected chi connectivity index (χ2v) is 36.2. The van der Waals surface area contributed by atoms with Crippen LogP contribution in [0, 0.1) is 21.4 Å². The quantitative estimate of drug-likeness (QED) is 0.0249. The third-order valence-corrected chi connectivity index (χ3v) is 22.0. The monoisotopic (exact) mass is 1630 g/mol. The van der Waals surface area contributed by atoms with Crippen LogP contribution >= 0.6 is 23.5 Å². The molecule has 3 aliphatic rings. The van der Waals surface area contributed by atoms with E-state index in [1.807, 2.05) is 81.3 Å². The van der Waals surface area contributed by atoms with Gasteiger partial charge in [-0.25, -0.2) is 0 Å². The molecule has 0 spiro atoms. The molecule has 644 valence electrons. The zero-order valence-electron chi connectivity index (χ0n) is 71.7. The van der Waals surface area contributed by atoms with Crippen LogP contribution in [0.25, 0.3) is 4.85 Å². The Morgan fingerprint density at radius 2 is 0.559 bits per heavy atom. The van der Waals surface area contributed by atoms with Crippen molar-refractivity contribution in [3.05, 3.63) is 92.6 Å². The molecule has 3 heterocycles. The zero-order valence-corrected chi connectivity index (χ0v) is 74.4. The summed E-state index contributed by atoms with van der Waals surface area (Å²) in [5.41, 5.74) is 0. The molecule has 0 bridgehead atoms. The van der Waals surface area contributed by atoms with Crippen molar-refractivity contribution in [3.63, 3.8) is 0 Å². The summed E-state index contributed by atoms with van der Waals surface area (Å²) in [6, 6.07) is 0. The summed E-state index contributed by atoms with van der Waals surface area (Å²) in [6.07, 6.45) is 70.8. The summed E-state index contributed by atoms with van der Waals surface area (Å²) in [6.45, 7) is 11.6. The van der Waals surface area contributed by atoms with Gasteiger partial charge in [-0.3, -0.25) is 28.1 Å². The predicted octanol–water partition coefficient (Wildman–Crippen LogP) is 21.7. The molecule has 0 radical (unpaired) electrons. The van der Waals surface area contributed by atoms with Gasteiger partial charge in [-0.2, -0.15) is 0 Å². The number of phosphoric ester groups is 3. The third kappa shape index (κ3) is 76.1. The number of allylic oxidation sites excluding steroid dienone is 9. The summed E-state index contributed by atoms with van der Waals surface area (Å²) >= 11 is 0. The lowest BCUT2D eigenvalue weighted by atomic mass is 10.0. The van der Waals surface area contributed by atoms with E-state index in [-0.39, 0.29) is 78.8 Å². The van der Waals surface area contributed by atoms with Gasteiger partial charge in [0.15, 0.2) is 0 Å². The van der Waals surface area contributed by atoms with Gasteiger partial charge in [-0.15, -0.1) is 0 Å². The molecule has 0 aromatic heterocycles. The number of rotatable bonds is 17. The molecule has 21 nitrogen and oxygen atoms in total. The highest BCUT2D eigenvalue weighted by atomic mass is 31.2. The van der Waals surface area contributed by atoms with Crippen LogP contribution in [0.1, 0.15) is 329 Å². The van der Waals surface area contributed by atoms with Gasteiger partial charge >= 0.3 is 17.9 Å². The molecular formula is C87H160N3O18P3+2. The molecule has 24 heteroatoms. The van der Waals surface area contributed by atoms with Crippen LogP contribution in [0.2, 0.25) is 0 Å². The first kappa shape index (κ1) is 109. The van der Waals surface area contributed by atoms with E-state index in [4.69, 9.17) is 47.9 Å². The highest BCUT2D eigenvalue weighted by molar-refractivity contribution is 7.46. The first-order chi connectivity index (χ1) is 52.1. The lowest BCUT2D eigenvalue weighted by molar-refractivity contribution is -0.870. The molecule has 3 rings (SSSR count). The molecule has 0 N–H and O–H groups in total. The Balaban J connectivity index is 0. The van der Waals surface area contributed by atoms with E-state index in [1.165, 1.54) is 154 Å². The van der Waals surface area contributed by atoms with E-state index in [0.29, 0.717) is 60.6 Å². The van der Waals surface area contributed by atoms with E-state index < -0.39 is 59.7 Å². The maximum atomic E-state index is 12.6. The molecule has 0 fully saturated rings. The average Bonchev–Trinajstić information content (AvgIpc) is 0.899. The average molecular weight is 1630 g/mol. The second-order valence-electron chi connectivity index (χ2n) is 32.1. The van der Waals surface area contributed by atoms with Crippen molar-refractivity contribution in [2.75, 3.05) is 81.7 Å². The molecular weight excluding hydrogens is 1470 g/mol. The lowest BCUT2D eigenvalue weighted by Gasteiger charge is -2.30. The molecule has 3 aliphatic heterocycles. The standard InChI is InChI=1S/2C29H54NO6P.C27H46NO6P.2CH3/c2*1-27-22-20-18-16-14-12-10-8-6-5-7-9-11-13-15-17-19-21-23-28(26-29(31)35-27)36-37(32,33)34-25-24-30(2,3)4;1-25-20-18-16-14-12-10-8-6-4-3-5-7-9-11-13-15-17-19-21-26(24-27(29)33-25)34-35(30,31)32-23-22-28-2;;/h2*10,12,18,20,27-28H,5-9,11,13-17,19,21-26H2,1-4H3;2,8,10,16,18,25-26H,3-7,9,11-15,17,19-24H2,1H3;2*1H3/q;;;2*+1/b12-10+,20-18+;12-10-,20-18+;10-8-,18-16+;;/t2*27-,28-;25-,26+;;/m111../s1. The van der Waals surface area contributed by atoms with Crippen LogP contribution in [0.3, 0.4) is 0 Å². The van der Waals surface area contributed by atoms with E-state index in [0.717, 1.165) is 96.3 Å². The van der Waals surface area contributed by atoms with Crippen LogP contribution in [0.4, 0.5) is 0 Å². The maximum Gasteiger partial charge on any atom is 0.308 e. The van der Waals surface area contributed by atoms with Gasteiger partial charge < -0.3 is 65.0 Å². The zero-order chi connectivity index (χ0) is 80.4. The molecule has 3 unspecified atom stereocenters. The van der Waals surface area contributed by atoms with Gasteiger partial charge in [0.1, 0.15) is 51.2 Å². The number of esters is 3. The van der Waals surface area contributed by atoms with Gasteiger partial charge in [0.05, 0.1) is 79.9 Å². The number of nitrogens with zero attached hydrogens (tertiary/aromatic N) is 3. The van der Waals surface area contributed by atoms with Crippen LogP contribution < -0.4 is 14.7 Å². The smallest absolute Gasteiger partial charge is 0.308 e. The van der Waals surface area contributed by atoms with Crippen LogP contribution in [0.15, 0.2) is 72.9 Å². The van der Waals surface area contributed by atoms with Gasteiger partial charge in [0, 0.05) is 34.1 Å². The second kappa shape index (κ2) is 70.5. The van der Waals surface area contributed by atoms with Gasteiger partial charge in [-0.05, 0) is 117 Å². The van der Waals surface area contributed by atoms with Crippen molar-refractivity contribution >= 4 is 41.4 Å². The number of likely N-dealkylation sites (N-methyl/N-ethyl adjacent to an activating group) is 2. The molecule has 0 aliphatic carbocycles. The van der Waals surface area contributed by atoms with Crippen molar-refractivity contribution in [1.82, 2.24) is 0 Å². The van der Waals surface area contributed by atoms with Crippen molar-refractivity contribution in [2.24, 2.45) is 0 Å². The lowest BCUT2D eigenvalue weighted by Crippen LogP contribution is -2.37. The topological polar surface area (TPSA) is 259 Å². The third-order valence-electron chi connectivity index (χ3n) is 18.9. The molecule has 111 heavy (non-hydrogen) atoms. The SMILES string of the molecule is C#[N+]CCOP(=O)([O-])O[C@H]1CCCCCCCCCCCC/C=C\CC/C=C/C[C@@H](C)OC(=O)C1.C[C@@H]1C/C=C/CC/C=C/CCCCCCCCCCCC[C@@H](OP(=O)([O-])OCC[N+](C)(C)C)CC(=O)O1.C[C@@H]1C/C=C/CC/C=C\CCCCCCCCCCCC[C@@H](OP(=O)([O-])OCC[N+](C)(C)C)CC(=O)O1.[CH3+].[CH3+]. The van der Waals surface area contributed by atoms with Crippen LogP contribution in [-0.2, 0) is 69.4 Å². The number of phosphoric acid groups is 3. The normalized spacial score (nSPS) is 26.3. The maximum absolute atomic E-state index is 12.6. The number of ether oxygens (including phenoxy) is 3. The molecule has 0 saturated heterocycles. The Labute approximate surface area is 677 Å². The van der Waals surface area contributed by atoms with Crippen molar-refractivity contribution in [3.8, 4) is 6.57 Å². The van der Waals surface area contributed by atoms with E-state index in [9.17, 15) is 42.8 Å². The van der Waals surface area contributed by atoms with Gasteiger partial charge in [-0.1, -0.05) is 251 Å². The molecule has 0 saturated carbocycles. The Morgan fingerprint density at radius 3 is 0.793 bits per heavy atom. The summed E-state index contributed by atoms with van der Waals surface area (Å²) in [5.74, 6) is -1.34. The summed E-state index contributed by atoms with van der Waals surface area (Å²) < 4.78 is 85.7. The minimum atomic E-state index is -4.56. The minimum Gasteiger partial charge on any atom is -0.756 e. The fraction of sp³-hybridized carbons (Fsp3) is 0.793. The van der Waals surface area contributed by atoms with Crippen LogP contribution in [-0.4, -0.2) is 145 Å². The van der Waals surface area contributed by atoms with Crippen molar-refractivity contribution in [2.45, 2.75) is 366 Å². The number of quaternary nitrogens is 2. The van der Waals surface area contributed by atoms with Gasteiger partial charge in [0.2, 0.25) is 0 Å². The predicted molar refractivity (Wildman–Crippen MR) is 450 cm³/mol. The Kier molecular flexibility index (Phi) is 69.5. The fourth-order valence-corrected chi connectivity index (χ4v) is 15.2. The Hall–Kier alpha value is -3.67. The molecule has 0 amide bonds. The molecule has 0 aromatic rings. The summed E-state index contributed by atoms with van der Waals surface area (Å²) in [7, 11) is -1.82. The minimum absolute atomic E-state index is 0. The van der Waals surface area contributed by atoms with Crippen LogP contribution in [0.5, 0.6) is 0 Å². The fourth-order valence-electron chi connectivity index (χ4n) is 12.4. The van der Waals surface area contributed by atoms with Gasteiger partial charge in [0.25, 0.3) is 36.6 Å². The molecule has 0 aromatic carbocycles. The number of hydrogen-bond donors (Lipinski definition) is 0. The first-order valence-electron chi connectivity index (χ1n) is 42.5. The number of carbonyl (C=O) groups excluding carboxylic acids is 3. The van der Waals surface area contributed by atoms with Crippen molar-refractivity contribution < 1.29 is 93.1 Å².